The Morgan fingerprint density at radius 3 is 2.77 bits per heavy atom. The predicted molar refractivity (Wildman–Crippen MR) is 92.5 cm³/mol. The Morgan fingerprint density at radius 2 is 2.14 bits per heavy atom. The van der Waals surface area contributed by atoms with E-state index in [-0.39, 0.29) is 5.91 Å². The first-order valence-corrected chi connectivity index (χ1v) is 8.36. The van der Waals surface area contributed by atoms with Crippen LogP contribution < -0.4 is 16.0 Å². The third kappa shape index (κ3) is 4.23. The van der Waals surface area contributed by atoms with Gasteiger partial charge in [0, 0.05) is 29.9 Å². The van der Waals surface area contributed by atoms with Crippen LogP contribution in [0, 0.1) is 12.8 Å². The second-order valence-electron chi connectivity index (χ2n) is 6.66. The molecule has 1 fully saturated rings. The van der Waals surface area contributed by atoms with Gasteiger partial charge in [-0.25, -0.2) is 0 Å². The molecule has 4 nitrogen and oxygen atoms in total. The van der Waals surface area contributed by atoms with Crippen molar-refractivity contribution in [1.29, 1.82) is 0 Å². The quantitative estimate of drug-likeness (QED) is 0.757. The minimum absolute atomic E-state index is 0.0204. The molecule has 3 N–H and O–H groups in total. The highest BCUT2D eigenvalue weighted by molar-refractivity contribution is 5.97. The maximum absolute atomic E-state index is 12.4. The van der Waals surface area contributed by atoms with Crippen LogP contribution in [0.3, 0.4) is 0 Å². The Kier molecular flexibility index (Phi) is 5.83. The van der Waals surface area contributed by atoms with Gasteiger partial charge in [-0.05, 0) is 56.8 Å². The molecule has 0 radical (unpaired) electrons. The van der Waals surface area contributed by atoms with E-state index in [9.17, 15) is 4.79 Å². The number of anilines is 1. The van der Waals surface area contributed by atoms with Gasteiger partial charge < -0.3 is 16.0 Å². The number of hydrogen-bond acceptors (Lipinski definition) is 3. The van der Waals surface area contributed by atoms with E-state index in [4.69, 9.17) is 0 Å². The normalized spacial score (nSPS) is 19.2. The summed E-state index contributed by atoms with van der Waals surface area (Å²) in [6.07, 6.45) is 2.35. The maximum atomic E-state index is 12.4. The molecule has 1 aliphatic rings. The summed E-state index contributed by atoms with van der Waals surface area (Å²) in [4.78, 5) is 12.4. The Labute approximate surface area is 134 Å². The second-order valence-corrected chi connectivity index (χ2v) is 6.66. The second kappa shape index (κ2) is 7.63. The fourth-order valence-corrected chi connectivity index (χ4v) is 2.69. The molecule has 22 heavy (non-hydrogen) atoms. The van der Waals surface area contributed by atoms with E-state index in [0.29, 0.717) is 24.5 Å². The van der Waals surface area contributed by atoms with Crippen molar-refractivity contribution in [2.75, 3.05) is 18.4 Å². The van der Waals surface area contributed by atoms with Crippen molar-refractivity contribution in [2.45, 2.75) is 52.6 Å². The number of hydrogen-bond donors (Lipinski definition) is 3. The van der Waals surface area contributed by atoms with Gasteiger partial charge in [-0.1, -0.05) is 19.9 Å². The molecule has 0 bridgehead atoms. The summed E-state index contributed by atoms with van der Waals surface area (Å²) in [5, 5.41) is 9.97. The highest BCUT2D eigenvalue weighted by Gasteiger charge is 2.17. The molecular formula is C18H29N3O. The molecule has 0 spiro atoms. The zero-order chi connectivity index (χ0) is 16.1. The topological polar surface area (TPSA) is 53.2 Å². The molecule has 0 saturated carbocycles. The molecule has 1 aromatic rings. The molecule has 1 amide bonds. The van der Waals surface area contributed by atoms with Gasteiger partial charge in [0.25, 0.3) is 5.91 Å². The van der Waals surface area contributed by atoms with E-state index in [1.807, 2.05) is 25.1 Å². The highest BCUT2D eigenvalue weighted by Crippen LogP contribution is 2.21. The lowest BCUT2D eigenvalue weighted by Crippen LogP contribution is -2.37. The standard InChI is InChI=1S/C18H29N3O/c1-12(2)14(4)21-17-9-5-8-16(13(17)3)18(22)20-11-15-7-6-10-19-15/h5,8-9,12,14-15,19,21H,6-7,10-11H2,1-4H3,(H,20,22). The summed E-state index contributed by atoms with van der Waals surface area (Å²) in [6.45, 7) is 10.3. The van der Waals surface area contributed by atoms with Crippen molar-refractivity contribution in [2.24, 2.45) is 5.92 Å². The van der Waals surface area contributed by atoms with Gasteiger partial charge in [-0.3, -0.25) is 4.79 Å². The summed E-state index contributed by atoms with van der Waals surface area (Å²) < 4.78 is 0. The number of carbonyl (C=O) groups is 1. The fourth-order valence-electron chi connectivity index (χ4n) is 2.69. The molecule has 4 heteroatoms. The predicted octanol–water partition coefficient (Wildman–Crippen LogP) is 2.93. The molecule has 2 rings (SSSR count). The third-order valence-corrected chi connectivity index (χ3v) is 4.63. The van der Waals surface area contributed by atoms with Gasteiger partial charge >= 0.3 is 0 Å². The molecule has 1 aromatic carbocycles. The van der Waals surface area contributed by atoms with Gasteiger partial charge in [0.1, 0.15) is 0 Å². The largest absolute Gasteiger partial charge is 0.382 e. The molecule has 1 saturated heterocycles. The number of rotatable bonds is 6. The van der Waals surface area contributed by atoms with Crippen LogP contribution in [0.15, 0.2) is 18.2 Å². The number of carbonyl (C=O) groups excluding carboxylic acids is 1. The van der Waals surface area contributed by atoms with E-state index in [2.05, 4.69) is 36.7 Å². The first-order chi connectivity index (χ1) is 10.5. The minimum atomic E-state index is 0.0204. The molecular weight excluding hydrogens is 274 g/mol. The minimum Gasteiger partial charge on any atom is -0.382 e. The lowest BCUT2D eigenvalue weighted by molar-refractivity contribution is 0.0949. The lowest BCUT2D eigenvalue weighted by Gasteiger charge is -2.21. The van der Waals surface area contributed by atoms with E-state index < -0.39 is 0 Å². The number of benzene rings is 1. The van der Waals surface area contributed by atoms with Crippen molar-refractivity contribution >= 4 is 11.6 Å². The smallest absolute Gasteiger partial charge is 0.251 e. The summed E-state index contributed by atoms with van der Waals surface area (Å²) >= 11 is 0. The Bertz CT molecular complexity index is 507. The average Bonchev–Trinajstić information content (AvgIpc) is 3.00. The van der Waals surface area contributed by atoms with Crippen molar-refractivity contribution in [3.63, 3.8) is 0 Å². The van der Waals surface area contributed by atoms with Crippen molar-refractivity contribution in [1.82, 2.24) is 10.6 Å². The van der Waals surface area contributed by atoms with Crippen molar-refractivity contribution in [3.8, 4) is 0 Å². The average molecular weight is 303 g/mol. The van der Waals surface area contributed by atoms with Crippen molar-refractivity contribution < 1.29 is 4.79 Å². The Morgan fingerprint density at radius 1 is 1.36 bits per heavy atom. The lowest BCUT2D eigenvalue weighted by atomic mass is 10.0. The zero-order valence-corrected chi connectivity index (χ0v) is 14.2. The van der Waals surface area contributed by atoms with E-state index in [1.54, 1.807) is 0 Å². The van der Waals surface area contributed by atoms with Crippen LogP contribution in [0.2, 0.25) is 0 Å². The summed E-state index contributed by atoms with van der Waals surface area (Å²) in [5.74, 6) is 0.567. The summed E-state index contributed by atoms with van der Waals surface area (Å²) in [6, 6.07) is 6.69. The Balaban J connectivity index is 2.02. The third-order valence-electron chi connectivity index (χ3n) is 4.63. The van der Waals surface area contributed by atoms with Crippen LogP contribution in [0.4, 0.5) is 5.69 Å². The van der Waals surface area contributed by atoms with E-state index in [1.165, 1.54) is 6.42 Å². The van der Waals surface area contributed by atoms with Gasteiger partial charge in [0.05, 0.1) is 0 Å². The van der Waals surface area contributed by atoms with Gasteiger partial charge in [-0.2, -0.15) is 0 Å². The highest BCUT2D eigenvalue weighted by atomic mass is 16.1. The van der Waals surface area contributed by atoms with Crippen molar-refractivity contribution in [3.05, 3.63) is 29.3 Å². The summed E-state index contributed by atoms with van der Waals surface area (Å²) in [7, 11) is 0. The molecule has 1 aliphatic heterocycles. The van der Waals surface area contributed by atoms with E-state index in [0.717, 1.165) is 29.8 Å². The van der Waals surface area contributed by atoms with Gasteiger partial charge in [0.2, 0.25) is 0 Å². The van der Waals surface area contributed by atoms with Crippen LogP contribution in [-0.2, 0) is 0 Å². The molecule has 0 aliphatic carbocycles. The molecule has 1 heterocycles. The van der Waals surface area contributed by atoms with Crippen LogP contribution in [0.5, 0.6) is 0 Å². The maximum Gasteiger partial charge on any atom is 0.251 e. The monoisotopic (exact) mass is 303 g/mol. The molecule has 2 atom stereocenters. The Hall–Kier alpha value is -1.55. The first-order valence-electron chi connectivity index (χ1n) is 8.36. The first kappa shape index (κ1) is 16.8. The van der Waals surface area contributed by atoms with Gasteiger partial charge in [0.15, 0.2) is 0 Å². The fraction of sp³-hybridized carbons (Fsp3) is 0.611. The summed E-state index contributed by atoms with van der Waals surface area (Å²) in [5.41, 5.74) is 2.83. The molecule has 0 aromatic heterocycles. The number of amides is 1. The van der Waals surface area contributed by atoms with Gasteiger partial charge in [-0.15, -0.1) is 0 Å². The van der Waals surface area contributed by atoms with Crippen LogP contribution in [0.25, 0.3) is 0 Å². The van der Waals surface area contributed by atoms with E-state index >= 15 is 0 Å². The SMILES string of the molecule is Cc1c(NC(C)C(C)C)cccc1C(=O)NCC1CCCN1. The van der Waals surface area contributed by atoms with Crippen LogP contribution >= 0.6 is 0 Å². The van der Waals surface area contributed by atoms with Crippen LogP contribution in [0.1, 0.15) is 49.5 Å². The van der Waals surface area contributed by atoms with Crippen LogP contribution in [-0.4, -0.2) is 31.1 Å². The number of nitrogens with one attached hydrogen (secondary N) is 3. The molecule has 2 unspecified atom stereocenters. The molecule has 122 valence electrons. The zero-order valence-electron chi connectivity index (χ0n) is 14.2.